The lowest BCUT2D eigenvalue weighted by atomic mass is 10.3. The molecular formula is C13H13FN2O. The van der Waals surface area contributed by atoms with E-state index in [0.717, 1.165) is 18.6 Å². The smallest absolute Gasteiger partial charge is 0.214 e. The van der Waals surface area contributed by atoms with E-state index >= 15 is 0 Å². The maximum atomic E-state index is 13.1. The Morgan fingerprint density at radius 2 is 2.18 bits per heavy atom. The SMILES string of the molecule is Fc1cccc(N(Cc2ccco2)C2CC2)n1. The van der Waals surface area contributed by atoms with E-state index in [2.05, 4.69) is 9.88 Å². The lowest BCUT2D eigenvalue weighted by Crippen LogP contribution is -2.25. The van der Waals surface area contributed by atoms with Crippen molar-refractivity contribution in [1.29, 1.82) is 0 Å². The third-order valence-electron chi connectivity index (χ3n) is 2.89. The summed E-state index contributed by atoms with van der Waals surface area (Å²) in [5.41, 5.74) is 0. The van der Waals surface area contributed by atoms with Gasteiger partial charge in [0, 0.05) is 6.04 Å². The molecule has 0 aliphatic heterocycles. The molecule has 2 heterocycles. The van der Waals surface area contributed by atoms with Gasteiger partial charge in [0.25, 0.3) is 0 Å². The first-order valence-corrected chi connectivity index (χ1v) is 5.74. The van der Waals surface area contributed by atoms with Crippen LogP contribution in [0.15, 0.2) is 41.0 Å². The van der Waals surface area contributed by atoms with Crippen LogP contribution in [0.2, 0.25) is 0 Å². The summed E-state index contributed by atoms with van der Waals surface area (Å²) in [5, 5.41) is 0. The quantitative estimate of drug-likeness (QED) is 0.759. The first kappa shape index (κ1) is 10.3. The summed E-state index contributed by atoms with van der Waals surface area (Å²) in [6, 6.07) is 9.14. The first-order chi connectivity index (χ1) is 8.33. The van der Waals surface area contributed by atoms with Crippen LogP contribution in [0.25, 0.3) is 0 Å². The molecule has 17 heavy (non-hydrogen) atoms. The Morgan fingerprint density at radius 3 is 2.82 bits per heavy atom. The molecule has 0 saturated heterocycles. The summed E-state index contributed by atoms with van der Waals surface area (Å²) in [5.74, 6) is 1.12. The van der Waals surface area contributed by atoms with Gasteiger partial charge in [-0.25, -0.2) is 4.98 Å². The topological polar surface area (TPSA) is 29.3 Å². The summed E-state index contributed by atoms with van der Waals surface area (Å²) in [4.78, 5) is 6.03. The molecule has 0 radical (unpaired) electrons. The molecule has 1 aliphatic carbocycles. The van der Waals surface area contributed by atoms with Gasteiger partial charge in [-0.05, 0) is 37.1 Å². The van der Waals surface area contributed by atoms with E-state index in [9.17, 15) is 4.39 Å². The molecule has 0 amide bonds. The Bertz CT molecular complexity index is 494. The highest BCUT2D eigenvalue weighted by Gasteiger charge is 2.30. The minimum Gasteiger partial charge on any atom is -0.467 e. The summed E-state index contributed by atoms with van der Waals surface area (Å²) < 4.78 is 18.5. The predicted molar refractivity (Wildman–Crippen MR) is 62.1 cm³/mol. The van der Waals surface area contributed by atoms with Crippen LogP contribution < -0.4 is 4.90 Å². The van der Waals surface area contributed by atoms with Crippen LogP contribution >= 0.6 is 0 Å². The highest BCUT2D eigenvalue weighted by atomic mass is 19.1. The van der Waals surface area contributed by atoms with Gasteiger partial charge in [0.15, 0.2) is 0 Å². The van der Waals surface area contributed by atoms with Crippen LogP contribution in [0.3, 0.4) is 0 Å². The first-order valence-electron chi connectivity index (χ1n) is 5.74. The van der Waals surface area contributed by atoms with Crippen LogP contribution in [0.5, 0.6) is 0 Å². The van der Waals surface area contributed by atoms with Gasteiger partial charge in [-0.1, -0.05) is 6.07 Å². The monoisotopic (exact) mass is 232 g/mol. The average molecular weight is 232 g/mol. The second-order valence-electron chi connectivity index (χ2n) is 4.26. The number of nitrogens with zero attached hydrogens (tertiary/aromatic N) is 2. The van der Waals surface area contributed by atoms with E-state index in [1.807, 2.05) is 18.2 Å². The molecule has 0 atom stereocenters. The Labute approximate surface area is 98.9 Å². The number of furan rings is 1. The fraction of sp³-hybridized carbons (Fsp3) is 0.308. The number of halogens is 1. The fourth-order valence-corrected chi connectivity index (χ4v) is 1.91. The molecule has 1 aliphatic rings. The number of rotatable bonds is 4. The molecule has 1 fully saturated rings. The van der Waals surface area contributed by atoms with Gasteiger partial charge in [0.1, 0.15) is 11.6 Å². The van der Waals surface area contributed by atoms with Crippen molar-refractivity contribution in [2.75, 3.05) is 4.90 Å². The molecule has 88 valence electrons. The van der Waals surface area contributed by atoms with Crippen molar-refractivity contribution in [3.63, 3.8) is 0 Å². The van der Waals surface area contributed by atoms with E-state index in [4.69, 9.17) is 4.42 Å². The van der Waals surface area contributed by atoms with E-state index in [-0.39, 0.29) is 0 Å². The van der Waals surface area contributed by atoms with Gasteiger partial charge in [-0.3, -0.25) is 0 Å². The third kappa shape index (κ3) is 2.30. The Morgan fingerprint density at radius 1 is 1.29 bits per heavy atom. The standard InChI is InChI=1S/C13H13FN2O/c14-12-4-1-5-13(15-12)16(10-6-7-10)9-11-3-2-8-17-11/h1-5,8,10H,6-7,9H2. The summed E-state index contributed by atoms with van der Waals surface area (Å²) in [6.07, 6.45) is 3.93. The molecule has 1 saturated carbocycles. The number of hydrogen-bond acceptors (Lipinski definition) is 3. The minimum absolute atomic E-state index is 0.437. The number of pyridine rings is 1. The maximum absolute atomic E-state index is 13.1. The number of anilines is 1. The molecule has 0 spiro atoms. The molecule has 0 bridgehead atoms. The van der Waals surface area contributed by atoms with Crippen LogP contribution in [0.4, 0.5) is 10.2 Å². The maximum Gasteiger partial charge on any atom is 0.214 e. The highest BCUT2D eigenvalue weighted by molar-refractivity contribution is 5.41. The summed E-state index contributed by atoms with van der Waals surface area (Å²) in [7, 11) is 0. The second-order valence-corrected chi connectivity index (χ2v) is 4.26. The van der Waals surface area contributed by atoms with Crippen molar-refractivity contribution in [3.8, 4) is 0 Å². The van der Waals surface area contributed by atoms with E-state index in [0.29, 0.717) is 18.4 Å². The average Bonchev–Trinajstić information content (AvgIpc) is 3.03. The van der Waals surface area contributed by atoms with Crippen LogP contribution in [-0.2, 0) is 6.54 Å². The van der Waals surface area contributed by atoms with E-state index in [1.165, 1.54) is 6.07 Å². The van der Waals surface area contributed by atoms with Crippen molar-refractivity contribution in [3.05, 3.63) is 48.3 Å². The molecule has 0 unspecified atom stereocenters. The largest absolute Gasteiger partial charge is 0.467 e. The predicted octanol–water partition coefficient (Wildman–Crippen LogP) is 2.98. The summed E-state index contributed by atoms with van der Waals surface area (Å²) in [6.45, 7) is 0.647. The zero-order valence-electron chi connectivity index (χ0n) is 9.34. The van der Waals surface area contributed by atoms with Crippen LogP contribution in [-0.4, -0.2) is 11.0 Å². The molecular weight excluding hydrogens is 219 g/mol. The Balaban J connectivity index is 1.85. The van der Waals surface area contributed by atoms with E-state index < -0.39 is 5.95 Å². The fourth-order valence-electron chi connectivity index (χ4n) is 1.91. The van der Waals surface area contributed by atoms with Gasteiger partial charge >= 0.3 is 0 Å². The van der Waals surface area contributed by atoms with Gasteiger partial charge < -0.3 is 9.32 Å². The van der Waals surface area contributed by atoms with Crippen molar-refractivity contribution in [2.24, 2.45) is 0 Å². The zero-order valence-corrected chi connectivity index (χ0v) is 9.34. The van der Waals surface area contributed by atoms with Gasteiger partial charge in [-0.15, -0.1) is 0 Å². The Hall–Kier alpha value is -1.84. The van der Waals surface area contributed by atoms with Gasteiger partial charge in [-0.2, -0.15) is 4.39 Å². The molecule has 2 aromatic rings. The summed E-state index contributed by atoms with van der Waals surface area (Å²) >= 11 is 0. The van der Waals surface area contributed by atoms with Crippen LogP contribution in [0, 0.1) is 5.95 Å². The van der Waals surface area contributed by atoms with Crippen molar-refractivity contribution in [2.45, 2.75) is 25.4 Å². The van der Waals surface area contributed by atoms with Crippen molar-refractivity contribution >= 4 is 5.82 Å². The van der Waals surface area contributed by atoms with Gasteiger partial charge in [0.05, 0.1) is 12.8 Å². The Kier molecular flexibility index (Phi) is 2.55. The second kappa shape index (κ2) is 4.20. The van der Waals surface area contributed by atoms with Crippen molar-refractivity contribution in [1.82, 2.24) is 4.98 Å². The third-order valence-corrected chi connectivity index (χ3v) is 2.89. The van der Waals surface area contributed by atoms with Gasteiger partial charge in [0.2, 0.25) is 5.95 Å². The van der Waals surface area contributed by atoms with Crippen molar-refractivity contribution < 1.29 is 8.81 Å². The minimum atomic E-state index is -0.437. The lowest BCUT2D eigenvalue weighted by molar-refractivity contribution is 0.498. The highest BCUT2D eigenvalue weighted by Crippen LogP contribution is 2.32. The molecule has 3 rings (SSSR count). The lowest BCUT2D eigenvalue weighted by Gasteiger charge is -2.22. The zero-order chi connectivity index (χ0) is 11.7. The van der Waals surface area contributed by atoms with Crippen LogP contribution in [0.1, 0.15) is 18.6 Å². The molecule has 4 heteroatoms. The molecule has 2 aromatic heterocycles. The normalized spacial score (nSPS) is 14.9. The number of aromatic nitrogens is 1. The number of hydrogen-bond donors (Lipinski definition) is 0. The molecule has 3 nitrogen and oxygen atoms in total. The van der Waals surface area contributed by atoms with E-state index in [1.54, 1.807) is 12.3 Å². The molecule has 0 N–H and O–H groups in total. The molecule has 0 aromatic carbocycles.